The van der Waals surface area contributed by atoms with Gasteiger partial charge in [0, 0.05) is 12.7 Å². The summed E-state index contributed by atoms with van der Waals surface area (Å²) in [6.07, 6.45) is 0.798. The molecule has 1 aromatic rings. The van der Waals surface area contributed by atoms with Crippen LogP contribution < -0.4 is 5.32 Å². The highest BCUT2D eigenvalue weighted by molar-refractivity contribution is 9.10. The number of alkyl halides is 1. The molecule has 0 aromatic heterocycles. The molecule has 0 saturated heterocycles. The Bertz CT molecular complexity index is 546. The lowest BCUT2D eigenvalue weighted by molar-refractivity contribution is -0.116. The van der Waals surface area contributed by atoms with E-state index in [1.165, 1.54) is 7.05 Å². The molecule has 0 heterocycles. The predicted octanol–water partition coefficient (Wildman–Crippen LogP) is 1.80. The van der Waals surface area contributed by atoms with Gasteiger partial charge in [0.2, 0.25) is 15.9 Å². The van der Waals surface area contributed by atoms with Crippen LogP contribution in [0.4, 0.5) is 5.69 Å². The Kier molecular flexibility index (Phi) is 5.96. The Morgan fingerprint density at radius 3 is 2.58 bits per heavy atom. The first-order valence-electron chi connectivity index (χ1n) is 5.78. The summed E-state index contributed by atoms with van der Waals surface area (Å²) in [5.74, 6) is -0.354. The second-order valence-electron chi connectivity index (χ2n) is 4.04. The second-order valence-corrected chi connectivity index (χ2v) is 7.41. The maximum absolute atomic E-state index is 11.8. The minimum absolute atomic E-state index is 0.199. The first-order chi connectivity index (χ1) is 8.90. The molecule has 106 valence electrons. The van der Waals surface area contributed by atoms with Gasteiger partial charge in [0.15, 0.2) is 0 Å². The number of carbonyl (C=O) groups excluding carboxylic acids is 1. The summed E-state index contributed by atoms with van der Waals surface area (Å²) < 4.78 is 23.8. The number of sulfonamides is 1. The van der Waals surface area contributed by atoms with Crippen molar-refractivity contribution in [2.45, 2.75) is 13.3 Å². The third kappa shape index (κ3) is 4.59. The minimum Gasteiger partial charge on any atom is -0.325 e. The van der Waals surface area contributed by atoms with Crippen molar-refractivity contribution in [3.8, 4) is 0 Å². The standard InChI is InChI=1S/C12H17BrN2O3S/c1-3-10-6-4-5-7-11(10)14-12(16)8-15(2)19(17,18)9-13/h4-7H,3,8-9H2,1-2H3,(H,14,16). The van der Waals surface area contributed by atoms with Crippen LogP contribution in [0, 0.1) is 0 Å². The highest BCUT2D eigenvalue weighted by Gasteiger charge is 2.19. The number of rotatable bonds is 6. The Morgan fingerprint density at radius 1 is 1.37 bits per heavy atom. The van der Waals surface area contributed by atoms with Crippen molar-refractivity contribution in [2.24, 2.45) is 0 Å². The lowest BCUT2D eigenvalue weighted by Gasteiger charge is -2.16. The van der Waals surface area contributed by atoms with E-state index in [0.717, 1.165) is 22.0 Å². The van der Waals surface area contributed by atoms with Gasteiger partial charge in [-0.05, 0) is 18.1 Å². The number of carbonyl (C=O) groups is 1. The minimum atomic E-state index is -3.41. The number of amides is 1. The SMILES string of the molecule is CCc1ccccc1NC(=O)CN(C)S(=O)(=O)CBr. The van der Waals surface area contributed by atoms with Crippen molar-refractivity contribution in [3.63, 3.8) is 0 Å². The zero-order chi connectivity index (χ0) is 14.5. The molecule has 0 radical (unpaired) electrons. The highest BCUT2D eigenvalue weighted by Crippen LogP contribution is 2.15. The van der Waals surface area contributed by atoms with E-state index < -0.39 is 10.0 Å². The third-order valence-electron chi connectivity index (χ3n) is 2.65. The largest absolute Gasteiger partial charge is 0.325 e. The fraction of sp³-hybridized carbons (Fsp3) is 0.417. The molecule has 0 saturated carbocycles. The van der Waals surface area contributed by atoms with Gasteiger partial charge < -0.3 is 5.32 Å². The molecule has 0 aliphatic carbocycles. The molecule has 0 spiro atoms. The van der Waals surface area contributed by atoms with Crippen LogP contribution in [0.1, 0.15) is 12.5 Å². The van der Waals surface area contributed by atoms with Crippen LogP contribution in [0.2, 0.25) is 0 Å². The fourth-order valence-corrected chi connectivity index (χ4v) is 3.05. The summed E-state index contributed by atoms with van der Waals surface area (Å²) in [7, 11) is -2.04. The molecule has 0 aliphatic heterocycles. The molecule has 1 aromatic carbocycles. The van der Waals surface area contributed by atoms with Crippen molar-refractivity contribution in [1.29, 1.82) is 0 Å². The molecular weight excluding hydrogens is 332 g/mol. The van der Waals surface area contributed by atoms with Gasteiger partial charge in [-0.25, -0.2) is 8.42 Å². The average Bonchev–Trinajstić information content (AvgIpc) is 2.39. The van der Waals surface area contributed by atoms with Crippen LogP contribution in [0.25, 0.3) is 0 Å². The number of likely N-dealkylation sites (N-methyl/N-ethyl adjacent to an activating group) is 1. The number of benzene rings is 1. The van der Waals surface area contributed by atoms with Crippen LogP contribution in [0.3, 0.4) is 0 Å². The first kappa shape index (κ1) is 16.1. The van der Waals surface area contributed by atoms with Crippen molar-refractivity contribution in [3.05, 3.63) is 29.8 Å². The maximum Gasteiger partial charge on any atom is 0.239 e. The van der Waals surface area contributed by atoms with Crippen molar-refractivity contribution in [1.82, 2.24) is 4.31 Å². The summed E-state index contributed by atoms with van der Waals surface area (Å²) in [5, 5.41) is 2.73. The lowest BCUT2D eigenvalue weighted by atomic mass is 10.1. The monoisotopic (exact) mass is 348 g/mol. The predicted molar refractivity (Wildman–Crippen MR) is 79.8 cm³/mol. The zero-order valence-electron chi connectivity index (χ0n) is 10.9. The molecule has 0 fully saturated rings. The van der Waals surface area contributed by atoms with Crippen LogP contribution in [0.15, 0.2) is 24.3 Å². The highest BCUT2D eigenvalue weighted by atomic mass is 79.9. The van der Waals surface area contributed by atoms with Crippen molar-refractivity contribution < 1.29 is 13.2 Å². The fourth-order valence-electron chi connectivity index (χ4n) is 1.52. The van der Waals surface area contributed by atoms with Gasteiger partial charge in [-0.2, -0.15) is 4.31 Å². The number of para-hydroxylation sites is 1. The third-order valence-corrected chi connectivity index (χ3v) is 5.74. The number of anilines is 1. The Morgan fingerprint density at radius 2 is 2.00 bits per heavy atom. The number of hydrogen-bond acceptors (Lipinski definition) is 3. The summed E-state index contributed by atoms with van der Waals surface area (Å²) in [5.41, 5.74) is 1.74. The Balaban J connectivity index is 2.71. The van der Waals surface area contributed by atoms with E-state index in [9.17, 15) is 13.2 Å². The molecule has 1 N–H and O–H groups in total. The van der Waals surface area contributed by atoms with Crippen LogP contribution in [0.5, 0.6) is 0 Å². The Labute approximate surface area is 122 Å². The average molecular weight is 349 g/mol. The van der Waals surface area contributed by atoms with E-state index in [4.69, 9.17) is 0 Å². The molecular formula is C12H17BrN2O3S. The molecule has 0 atom stereocenters. The molecule has 5 nitrogen and oxygen atoms in total. The van der Waals surface area contributed by atoms with E-state index in [0.29, 0.717) is 0 Å². The number of nitrogens with one attached hydrogen (secondary N) is 1. The zero-order valence-corrected chi connectivity index (χ0v) is 13.3. The number of aryl methyl sites for hydroxylation is 1. The van der Waals surface area contributed by atoms with Gasteiger partial charge in [0.1, 0.15) is 4.66 Å². The van der Waals surface area contributed by atoms with Crippen LogP contribution in [-0.2, 0) is 21.2 Å². The summed E-state index contributed by atoms with van der Waals surface area (Å²) in [4.78, 5) is 11.8. The Hall–Kier alpha value is -0.920. The quantitative estimate of drug-likeness (QED) is 0.797. The molecule has 1 amide bonds. The van der Waals surface area contributed by atoms with E-state index >= 15 is 0 Å². The van der Waals surface area contributed by atoms with E-state index in [1.54, 1.807) is 6.07 Å². The summed E-state index contributed by atoms with van der Waals surface area (Å²) >= 11 is 2.89. The van der Waals surface area contributed by atoms with Gasteiger partial charge in [0.25, 0.3) is 0 Å². The number of halogens is 1. The summed E-state index contributed by atoms with van der Waals surface area (Å²) in [6, 6.07) is 7.45. The van der Waals surface area contributed by atoms with E-state index in [1.807, 2.05) is 25.1 Å². The van der Waals surface area contributed by atoms with E-state index in [2.05, 4.69) is 21.2 Å². The van der Waals surface area contributed by atoms with E-state index in [-0.39, 0.29) is 17.1 Å². The van der Waals surface area contributed by atoms with Crippen LogP contribution in [-0.4, -0.2) is 36.9 Å². The van der Waals surface area contributed by atoms with Gasteiger partial charge in [0.05, 0.1) is 6.54 Å². The van der Waals surface area contributed by atoms with Crippen molar-refractivity contribution in [2.75, 3.05) is 23.6 Å². The summed E-state index contributed by atoms with van der Waals surface area (Å²) in [6.45, 7) is 1.79. The molecule has 19 heavy (non-hydrogen) atoms. The first-order valence-corrected chi connectivity index (χ1v) is 8.51. The van der Waals surface area contributed by atoms with Crippen LogP contribution >= 0.6 is 15.9 Å². The molecule has 1 rings (SSSR count). The lowest BCUT2D eigenvalue weighted by Crippen LogP contribution is -2.35. The van der Waals surface area contributed by atoms with Gasteiger partial charge in [-0.3, -0.25) is 4.79 Å². The van der Waals surface area contributed by atoms with Gasteiger partial charge in [-0.1, -0.05) is 41.1 Å². The topological polar surface area (TPSA) is 66.5 Å². The normalized spacial score (nSPS) is 11.6. The smallest absolute Gasteiger partial charge is 0.239 e. The maximum atomic E-state index is 11.8. The molecule has 7 heteroatoms. The van der Waals surface area contributed by atoms with Gasteiger partial charge >= 0.3 is 0 Å². The van der Waals surface area contributed by atoms with Crippen molar-refractivity contribution >= 4 is 37.5 Å². The number of nitrogens with zero attached hydrogens (tertiary/aromatic N) is 1. The molecule has 0 aliphatic rings. The number of hydrogen-bond donors (Lipinski definition) is 1. The molecule has 0 unspecified atom stereocenters. The molecule has 0 bridgehead atoms. The van der Waals surface area contributed by atoms with Gasteiger partial charge in [-0.15, -0.1) is 0 Å². The second kappa shape index (κ2) is 7.02.